The summed E-state index contributed by atoms with van der Waals surface area (Å²) in [5, 5.41) is 72.5. The first-order valence-electron chi connectivity index (χ1n) is 13.2. The first-order valence-corrected chi connectivity index (χ1v) is 13.9. The molecule has 0 amide bonds. The summed E-state index contributed by atoms with van der Waals surface area (Å²) in [5.74, 6) is -10.9. The zero-order valence-electron chi connectivity index (χ0n) is 25.0. The molecule has 0 bridgehead atoms. The van der Waals surface area contributed by atoms with Gasteiger partial charge in [0.15, 0.2) is 0 Å². The average Bonchev–Trinajstić information content (AvgIpc) is 3.07. The predicted molar refractivity (Wildman–Crippen MR) is 168 cm³/mol. The molecule has 0 saturated heterocycles. The Labute approximate surface area is 286 Å². The molecule has 0 aliphatic rings. The zero-order valence-corrected chi connectivity index (χ0v) is 25.8. The Morgan fingerprint density at radius 2 is 0.373 bits per heavy atom. The highest BCUT2D eigenvalue weighted by Gasteiger charge is 2.18. The third-order valence-corrected chi connectivity index (χ3v) is 6.37. The average molecular weight is 725 g/mol. The highest BCUT2D eigenvalue weighted by atomic mass is 32.1. The molecule has 19 heteroatoms. The molecule has 0 aliphatic carbocycles. The maximum absolute atomic E-state index is 11.1. The summed E-state index contributed by atoms with van der Waals surface area (Å²) in [7, 11) is 0. The van der Waals surface area contributed by atoms with Gasteiger partial charge in [0.2, 0.25) is 0 Å². The van der Waals surface area contributed by atoms with Crippen molar-refractivity contribution >= 4 is 59.3 Å². The molecule has 4 aromatic rings. The standard InChI is InChI=1S/2C16H10O8.O2S/c2*17-13(18)9-1-7(2-10(5-9)14(19)20)8-3-11(15(21)22)6-12(4-8)16(23)24;1-3-2/h2*1-6H,(H,17,18)(H,19,20)(H,21,22)(H,23,24);. The molecule has 0 saturated carbocycles. The predicted octanol–water partition coefficient (Wildman–Crippen LogP) is 3.62. The van der Waals surface area contributed by atoms with Gasteiger partial charge in [-0.3, -0.25) is 0 Å². The first kappa shape index (κ1) is 39.6. The van der Waals surface area contributed by atoms with Crippen LogP contribution >= 0.6 is 0 Å². The summed E-state index contributed by atoms with van der Waals surface area (Å²) in [6.07, 6.45) is 0. The Morgan fingerprint density at radius 1 is 0.275 bits per heavy atom. The second-order valence-corrected chi connectivity index (χ2v) is 9.84. The summed E-state index contributed by atoms with van der Waals surface area (Å²) in [6.45, 7) is 0. The van der Waals surface area contributed by atoms with E-state index in [2.05, 4.69) is 0 Å². The summed E-state index contributed by atoms with van der Waals surface area (Å²) >= 11 is -0.750. The number of carboxylic acid groups (broad SMARTS) is 8. The molecular weight excluding hydrogens is 704 g/mol. The van der Waals surface area contributed by atoms with Crippen molar-refractivity contribution in [3.63, 3.8) is 0 Å². The van der Waals surface area contributed by atoms with Gasteiger partial charge in [0.05, 0.1) is 44.5 Å². The van der Waals surface area contributed by atoms with Crippen LogP contribution < -0.4 is 0 Å². The lowest BCUT2D eigenvalue weighted by Crippen LogP contribution is -2.05. The lowest BCUT2D eigenvalue weighted by Gasteiger charge is -2.08. The molecule has 0 atom stereocenters. The third kappa shape index (κ3) is 10.7. The van der Waals surface area contributed by atoms with Crippen LogP contribution in [0.4, 0.5) is 0 Å². The smallest absolute Gasteiger partial charge is 0.335 e. The minimum atomic E-state index is -1.37. The summed E-state index contributed by atoms with van der Waals surface area (Å²) in [6, 6.07) is 12.9. The van der Waals surface area contributed by atoms with Crippen molar-refractivity contribution in [2.75, 3.05) is 0 Å². The third-order valence-electron chi connectivity index (χ3n) is 6.37. The zero-order chi connectivity index (χ0) is 38.7. The topological polar surface area (TPSA) is 333 Å². The Bertz CT molecular complexity index is 1740. The van der Waals surface area contributed by atoms with Crippen molar-refractivity contribution in [1.29, 1.82) is 0 Å². The molecule has 8 N–H and O–H groups in total. The minimum absolute atomic E-state index is 0.0814. The van der Waals surface area contributed by atoms with E-state index in [1.54, 1.807) is 0 Å². The van der Waals surface area contributed by atoms with Gasteiger partial charge in [-0.1, -0.05) is 0 Å². The molecule has 262 valence electrons. The lowest BCUT2D eigenvalue weighted by atomic mass is 9.96. The number of carbonyl (C=O) groups is 8. The van der Waals surface area contributed by atoms with Crippen molar-refractivity contribution in [1.82, 2.24) is 0 Å². The monoisotopic (exact) mass is 724 g/mol. The molecule has 4 rings (SSSR count). The molecule has 0 radical (unpaired) electrons. The van der Waals surface area contributed by atoms with Crippen molar-refractivity contribution in [3.8, 4) is 22.3 Å². The van der Waals surface area contributed by atoms with E-state index in [1.165, 1.54) is 0 Å². The molecule has 51 heavy (non-hydrogen) atoms. The number of rotatable bonds is 10. The van der Waals surface area contributed by atoms with E-state index in [0.29, 0.717) is 0 Å². The minimum Gasteiger partial charge on any atom is -0.478 e. The van der Waals surface area contributed by atoms with Crippen molar-refractivity contribution in [2.45, 2.75) is 0 Å². The van der Waals surface area contributed by atoms with E-state index in [1.807, 2.05) is 0 Å². The molecule has 4 aromatic carbocycles. The van der Waals surface area contributed by atoms with Crippen LogP contribution in [0.5, 0.6) is 0 Å². The van der Waals surface area contributed by atoms with Crippen LogP contribution in [0.15, 0.2) is 72.8 Å². The molecule has 0 fully saturated rings. The van der Waals surface area contributed by atoms with Gasteiger partial charge in [0, 0.05) is 0 Å². The van der Waals surface area contributed by atoms with Crippen LogP contribution in [0.3, 0.4) is 0 Å². The quantitative estimate of drug-likeness (QED) is 0.116. The Kier molecular flexibility index (Phi) is 13.2. The van der Waals surface area contributed by atoms with Gasteiger partial charge in [-0.25, -0.2) is 38.4 Å². The first-order chi connectivity index (χ1) is 23.8. The van der Waals surface area contributed by atoms with Gasteiger partial charge >= 0.3 is 59.3 Å². The van der Waals surface area contributed by atoms with Gasteiger partial charge < -0.3 is 40.9 Å². The highest BCUT2D eigenvalue weighted by Crippen LogP contribution is 2.27. The lowest BCUT2D eigenvalue weighted by molar-refractivity contribution is 0.0676. The van der Waals surface area contributed by atoms with Crippen molar-refractivity contribution in [2.24, 2.45) is 0 Å². The van der Waals surface area contributed by atoms with E-state index >= 15 is 0 Å². The Balaban J connectivity index is 0.000000328. The molecule has 0 unspecified atom stereocenters. The van der Waals surface area contributed by atoms with Crippen molar-refractivity contribution < 1.29 is 87.6 Å². The molecule has 0 aromatic heterocycles. The molecule has 0 heterocycles. The van der Waals surface area contributed by atoms with Gasteiger partial charge in [-0.2, -0.15) is 8.42 Å². The fourth-order valence-electron chi connectivity index (χ4n) is 4.16. The number of hydrogen-bond donors (Lipinski definition) is 8. The Morgan fingerprint density at radius 3 is 0.451 bits per heavy atom. The van der Waals surface area contributed by atoms with Crippen LogP contribution in [0.1, 0.15) is 82.9 Å². The van der Waals surface area contributed by atoms with E-state index in [0.717, 1.165) is 72.8 Å². The van der Waals surface area contributed by atoms with E-state index < -0.39 is 59.3 Å². The van der Waals surface area contributed by atoms with E-state index in [-0.39, 0.29) is 66.8 Å². The Hall–Kier alpha value is -7.54. The van der Waals surface area contributed by atoms with Gasteiger partial charge in [-0.15, -0.1) is 0 Å². The van der Waals surface area contributed by atoms with Crippen molar-refractivity contribution in [3.05, 3.63) is 117 Å². The molecular formula is C32H20O18S. The SMILES string of the molecule is O=C(O)c1cc(C(=O)O)cc(-c2cc(C(=O)O)cc(C(=O)O)c2)c1.O=C(O)c1cc(C(=O)O)cc(-c2cc(C(=O)O)cc(C(=O)O)c2)c1.O=S=O. The summed E-state index contributed by atoms with van der Waals surface area (Å²) in [5.41, 5.74) is -2.21. The molecule has 18 nitrogen and oxygen atoms in total. The molecule has 0 aliphatic heterocycles. The number of hydrogen-bond acceptors (Lipinski definition) is 10. The fraction of sp³-hybridized carbons (Fsp3) is 0. The number of carboxylic acids is 8. The van der Waals surface area contributed by atoms with Gasteiger partial charge in [-0.05, 0) is 95.1 Å². The van der Waals surface area contributed by atoms with Crippen LogP contribution in [-0.4, -0.2) is 97.0 Å². The number of benzene rings is 4. The van der Waals surface area contributed by atoms with Crippen LogP contribution in [0, 0.1) is 0 Å². The van der Waals surface area contributed by atoms with Gasteiger partial charge in [0.1, 0.15) is 0 Å². The fourth-order valence-corrected chi connectivity index (χ4v) is 4.16. The van der Waals surface area contributed by atoms with Crippen LogP contribution in [0.2, 0.25) is 0 Å². The normalized spacial score (nSPS) is 9.80. The second-order valence-electron chi connectivity index (χ2n) is 9.71. The summed E-state index contributed by atoms with van der Waals surface area (Å²) < 4.78 is 16.6. The van der Waals surface area contributed by atoms with E-state index in [4.69, 9.17) is 49.3 Å². The summed E-state index contributed by atoms with van der Waals surface area (Å²) in [4.78, 5) is 89.0. The van der Waals surface area contributed by atoms with Crippen LogP contribution in [0.25, 0.3) is 22.3 Å². The van der Waals surface area contributed by atoms with Crippen LogP contribution in [-0.2, 0) is 11.6 Å². The highest BCUT2D eigenvalue weighted by molar-refractivity contribution is 7.51. The maximum Gasteiger partial charge on any atom is 0.335 e. The van der Waals surface area contributed by atoms with Gasteiger partial charge in [0.25, 0.3) is 0 Å². The number of aromatic carboxylic acids is 8. The molecule has 0 spiro atoms. The second kappa shape index (κ2) is 17.0. The largest absolute Gasteiger partial charge is 0.478 e. The maximum atomic E-state index is 11.1. The van der Waals surface area contributed by atoms with E-state index in [9.17, 15) is 38.4 Å².